The number of carbonyl (C=O) groups excluding carboxylic acids is 2. The summed E-state index contributed by atoms with van der Waals surface area (Å²) >= 11 is 0. The molecule has 2 aromatic rings. The van der Waals surface area contributed by atoms with E-state index in [2.05, 4.69) is 10.3 Å². The van der Waals surface area contributed by atoms with Crippen molar-refractivity contribution in [1.82, 2.24) is 14.7 Å². The van der Waals surface area contributed by atoms with Gasteiger partial charge in [-0.15, -0.1) is 0 Å². The van der Waals surface area contributed by atoms with Crippen molar-refractivity contribution < 1.29 is 9.59 Å². The number of hydrogen-bond donors (Lipinski definition) is 2. The van der Waals surface area contributed by atoms with Crippen LogP contribution in [0.15, 0.2) is 29.3 Å². The lowest BCUT2D eigenvalue weighted by Gasteiger charge is -2.25. The fourth-order valence-electron chi connectivity index (χ4n) is 2.10. The van der Waals surface area contributed by atoms with Crippen molar-refractivity contribution in [2.75, 3.05) is 17.2 Å². The van der Waals surface area contributed by atoms with E-state index in [1.165, 1.54) is 21.7 Å². The zero-order valence-corrected chi connectivity index (χ0v) is 10.4. The Hall–Kier alpha value is -2.90. The van der Waals surface area contributed by atoms with Gasteiger partial charge < -0.3 is 5.73 Å². The summed E-state index contributed by atoms with van der Waals surface area (Å²) in [5, 5.41) is 2.16. The molecule has 8 heteroatoms. The van der Waals surface area contributed by atoms with Crippen LogP contribution in [0.5, 0.6) is 0 Å². The molecule has 0 unspecified atom stereocenters. The predicted octanol–water partition coefficient (Wildman–Crippen LogP) is -0.277. The molecule has 0 aromatic carbocycles. The standard InChI is InChI=1S/C12H11N5O3/c13-7-2-1-4-17-10(7)14-6-8(11(17)19)16-5-3-9(18)15-12(16)20/h1-2,4,6H,3,5,13H2,(H,15,18,20). The number of aromatic nitrogens is 2. The predicted molar refractivity (Wildman–Crippen MR) is 71.4 cm³/mol. The molecule has 3 heterocycles. The molecule has 102 valence electrons. The lowest BCUT2D eigenvalue weighted by atomic mass is 10.3. The Morgan fingerprint density at radius 3 is 2.85 bits per heavy atom. The van der Waals surface area contributed by atoms with Crippen molar-refractivity contribution in [2.45, 2.75) is 6.42 Å². The second-order valence-corrected chi connectivity index (χ2v) is 4.36. The van der Waals surface area contributed by atoms with Gasteiger partial charge >= 0.3 is 6.03 Å². The number of nitrogens with zero attached hydrogens (tertiary/aromatic N) is 3. The molecule has 0 spiro atoms. The number of nitrogens with two attached hydrogens (primary N) is 1. The summed E-state index contributed by atoms with van der Waals surface area (Å²) in [4.78, 5) is 40.5. The number of hydrogen-bond acceptors (Lipinski definition) is 5. The molecule has 8 nitrogen and oxygen atoms in total. The van der Waals surface area contributed by atoms with Gasteiger partial charge in [0.25, 0.3) is 5.56 Å². The number of imide groups is 1. The van der Waals surface area contributed by atoms with Crippen LogP contribution in [0, 0.1) is 0 Å². The summed E-state index contributed by atoms with van der Waals surface area (Å²) in [5.41, 5.74) is 6.14. The molecule has 0 radical (unpaired) electrons. The van der Waals surface area contributed by atoms with Crippen molar-refractivity contribution in [3.63, 3.8) is 0 Å². The van der Waals surface area contributed by atoms with Crippen LogP contribution in [-0.4, -0.2) is 27.9 Å². The van der Waals surface area contributed by atoms with Crippen LogP contribution in [-0.2, 0) is 4.79 Å². The van der Waals surface area contributed by atoms with Crippen LogP contribution >= 0.6 is 0 Å². The molecule has 0 aliphatic carbocycles. The van der Waals surface area contributed by atoms with Crippen LogP contribution in [0.1, 0.15) is 6.42 Å². The summed E-state index contributed by atoms with van der Waals surface area (Å²) in [6.45, 7) is 0.149. The van der Waals surface area contributed by atoms with E-state index in [0.29, 0.717) is 11.3 Å². The van der Waals surface area contributed by atoms with E-state index in [0.717, 1.165) is 0 Å². The molecule has 0 saturated carbocycles. The fraction of sp³-hybridized carbons (Fsp3) is 0.167. The third-order valence-electron chi connectivity index (χ3n) is 3.09. The Morgan fingerprint density at radius 1 is 1.30 bits per heavy atom. The summed E-state index contributed by atoms with van der Waals surface area (Å²) in [5.74, 6) is -0.357. The van der Waals surface area contributed by atoms with E-state index in [1.807, 2.05) is 0 Å². The molecule has 0 bridgehead atoms. The van der Waals surface area contributed by atoms with E-state index in [1.54, 1.807) is 12.1 Å². The van der Waals surface area contributed by atoms with Crippen LogP contribution in [0.4, 0.5) is 16.2 Å². The topological polar surface area (TPSA) is 110 Å². The van der Waals surface area contributed by atoms with Gasteiger partial charge in [-0.2, -0.15) is 0 Å². The number of pyridine rings is 1. The van der Waals surface area contributed by atoms with Crippen molar-refractivity contribution in [3.05, 3.63) is 34.9 Å². The molecule has 20 heavy (non-hydrogen) atoms. The summed E-state index contributed by atoms with van der Waals surface area (Å²) < 4.78 is 1.27. The second-order valence-electron chi connectivity index (χ2n) is 4.36. The summed E-state index contributed by atoms with van der Waals surface area (Å²) in [6, 6.07) is 2.63. The minimum atomic E-state index is -0.621. The maximum atomic E-state index is 12.4. The number of rotatable bonds is 1. The zero-order valence-electron chi connectivity index (χ0n) is 10.4. The van der Waals surface area contributed by atoms with Gasteiger partial charge in [-0.05, 0) is 12.1 Å². The lowest BCUT2D eigenvalue weighted by molar-refractivity contribution is -0.120. The minimum absolute atomic E-state index is 0.109. The molecular weight excluding hydrogens is 262 g/mol. The number of urea groups is 1. The van der Waals surface area contributed by atoms with Crippen LogP contribution in [0.2, 0.25) is 0 Å². The third kappa shape index (κ3) is 1.78. The molecule has 2 aromatic heterocycles. The molecular formula is C12H11N5O3. The van der Waals surface area contributed by atoms with Gasteiger partial charge in [0.05, 0.1) is 11.9 Å². The first-order valence-corrected chi connectivity index (χ1v) is 5.95. The maximum Gasteiger partial charge on any atom is 0.328 e. The van der Waals surface area contributed by atoms with E-state index in [4.69, 9.17) is 5.73 Å². The van der Waals surface area contributed by atoms with Gasteiger partial charge in [0.1, 0.15) is 5.69 Å². The largest absolute Gasteiger partial charge is 0.396 e. The van der Waals surface area contributed by atoms with Crippen LogP contribution in [0.25, 0.3) is 5.65 Å². The Balaban J connectivity index is 2.14. The third-order valence-corrected chi connectivity index (χ3v) is 3.09. The number of carbonyl (C=O) groups is 2. The Morgan fingerprint density at radius 2 is 2.10 bits per heavy atom. The van der Waals surface area contributed by atoms with Crippen LogP contribution < -0.4 is 21.5 Å². The van der Waals surface area contributed by atoms with Gasteiger partial charge in [-0.3, -0.25) is 24.2 Å². The first-order valence-electron chi connectivity index (χ1n) is 5.95. The number of anilines is 2. The van der Waals surface area contributed by atoms with Gasteiger partial charge in [0, 0.05) is 19.2 Å². The lowest BCUT2D eigenvalue weighted by Crippen LogP contribution is -2.51. The zero-order chi connectivity index (χ0) is 14.3. The summed E-state index contributed by atoms with van der Waals surface area (Å²) in [7, 11) is 0. The monoisotopic (exact) mass is 273 g/mol. The molecule has 0 atom stereocenters. The molecule has 3 rings (SSSR count). The maximum absolute atomic E-state index is 12.4. The highest BCUT2D eigenvalue weighted by atomic mass is 16.2. The minimum Gasteiger partial charge on any atom is -0.396 e. The van der Waals surface area contributed by atoms with Gasteiger partial charge in [0.2, 0.25) is 5.91 Å². The van der Waals surface area contributed by atoms with E-state index in [-0.39, 0.29) is 24.6 Å². The fourth-order valence-corrected chi connectivity index (χ4v) is 2.10. The second kappa shape index (κ2) is 4.34. The van der Waals surface area contributed by atoms with Crippen LogP contribution in [0.3, 0.4) is 0 Å². The highest BCUT2D eigenvalue weighted by molar-refractivity contribution is 6.05. The number of nitrogen functional groups attached to an aromatic ring is 1. The Labute approximate surface area is 112 Å². The average Bonchev–Trinajstić information content (AvgIpc) is 2.41. The number of fused-ring (bicyclic) bond motifs is 1. The average molecular weight is 273 g/mol. The molecule has 1 aliphatic rings. The first-order chi connectivity index (χ1) is 9.58. The van der Waals surface area contributed by atoms with Crippen molar-refractivity contribution >= 4 is 29.0 Å². The Kier molecular flexibility index (Phi) is 2.63. The van der Waals surface area contributed by atoms with Crippen molar-refractivity contribution in [3.8, 4) is 0 Å². The van der Waals surface area contributed by atoms with E-state index in [9.17, 15) is 14.4 Å². The molecule has 3 N–H and O–H groups in total. The normalized spacial score (nSPS) is 15.5. The molecule has 1 saturated heterocycles. The van der Waals surface area contributed by atoms with Crippen molar-refractivity contribution in [1.29, 1.82) is 0 Å². The highest BCUT2D eigenvalue weighted by Gasteiger charge is 2.26. The Bertz CT molecular complexity index is 782. The highest BCUT2D eigenvalue weighted by Crippen LogP contribution is 2.14. The first kappa shape index (κ1) is 12.2. The smallest absolute Gasteiger partial charge is 0.328 e. The number of nitrogens with one attached hydrogen (secondary N) is 1. The van der Waals surface area contributed by atoms with E-state index >= 15 is 0 Å². The molecule has 3 amide bonds. The SMILES string of the molecule is Nc1cccn2c(=O)c(N3CCC(=O)NC3=O)cnc12. The molecule has 1 fully saturated rings. The summed E-state index contributed by atoms with van der Waals surface area (Å²) in [6.07, 6.45) is 2.96. The molecule has 1 aliphatic heterocycles. The van der Waals surface area contributed by atoms with Gasteiger partial charge in [0.15, 0.2) is 5.65 Å². The van der Waals surface area contributed by atoms with Gasteiger partial charge in [-0.1, -0.05) is 0 Å². The van der Waals surface area contributed by atoms with Gasteiger partial charge in [-0.25, -0.2) is 9.78 Å². The van der Waals surface area contributed by atoms with E-state index < -0.39 is 11.6 Å². The van der Waals surface area contributed by atoms with Crippen molar-refractivity contribution in [2.24, 2.45) is 0 Å². The quantitative estimate of drug-likeness (QED) is 0.742. The number of amides is 3.